The van der Waals surface area contributed by atoms with Crippen molar-refractivity contribution in [1.82, 2.24) is 10.3 Å². The lowest BCUT2D eigenvalue weighted by Gasteiger charge is -2.32. The van der Waals surface area contributed by atoms with Crippen molar-refractivity contribution in [3.05, 3.63) is 17.7 Å². The molecule has 0 spiro atoms. The fraction of sp³-hybridized carbons (Fsp3) is 0.643. The van der Waals surface area contributed by atoms with Gasteiger partial charge in [-0.1, -0.05) is 0 Å². The number of nitrogens with one attached hydrogen (secondary N) is 1. The van der Waals surface area contributed by atoms with E-state index < -0.39 is 0 Å². The molecule has 0 amide bonds. The normalized spacial score (nSPS) is 20.3. The maximum absolute atomic E-state index is 5.70. The Kier molecular flexibility index (Phi) is 3.84. The van der Waals surface area contributed by atoms with Crippen LogP contribution >= 0.6 is 0 Å². The second-order valence-corrected chi connectivity index (χ2v) is 5.11. The lowest BCUT2D eigenvalue weighted by atomic mass is 10.1. The van der Waals surface area contributed by atoms with Crippen molar-refractivity contribution in [1.29, 1.82) is 0 Å². The van der Waals surface area contributed by atoms with Crippen LogP contribution in [-0.2, 0) is 11.3 Å². The molecule has 1 fully saturated rings. The molecule has 2 aliphatic rings. The average Bonchev–Trinajstić information content (AvgIpc) is 2.72. The highest BCUT2D eigenvalue weighted by Gasteiger charge is 2.21. The van der Waals surface area contributed by atoms with Crippen LogP contribution in [0, 0.1) is 0 Å². The van der Waals surface area contributed by atoms with Gasteiger partial charge >= 0.3 is 0 Å². The van der Waals surface area contributed by atoms with Crippen LogP contribution in [0.1, 0.15) is 18.4 Å². The number of rotatable bonds is 2. The van der Waals surface area contributed by atoms with Gasteiger partial charge in [0.05, 0.1) is 0 Å². The molecule has 2 aliphatic heterocycles. The summed E-state index contributed by atoms with van der Waals surface area (Å²) in [6.45, 7) is 4.09. The maximum Gasteiger partial charge on any atom is 0.219 e. The molecule has 0 aliphatic carbocycles. The first kappa shape index (κ1) is 12.7. The zero-order chi connectivity index (χ0) is 13.1. The molecule has 5 heteroatoms. The number of hydrogen-bond acceptors (Lipinski definition) is 5. The molecule has 3 rings (SSSR count). The van der Waals surface area contributed by atoms with E-state index in [4.69, 9.17) is 9.47 Å². The molecule has 3 heterocycles. The van der Waals surface area contributed by atoms with Crippen molar-refractivity contribution in [3.8, 4) is 5.88 Å². The molecule has 0 atom stereocenters. The second-order valence-electron chi connectivity index (χ2n) is 5.11. The summed E-state index contributed by atoms with van der Waals surface area (Å²) in [4.78, 5) is 6.93. The van der Waals surface area contributed by atoms with Gasteiger partial charge in [0.15, 0.2) is 0 Å². The zero-order valence-corrected chi connectivity index (χ0v) is 11.4. The Morgan fingerprint density at radius 1 is 1.26 bits per heavy atom. The van der Waals surface area contributed by atoms with E-state index in [1.807, 2.05) is 0 Å². The summed E-state index contributed by atoms with van der Waals surface area (Å²) in [5.74, 6) is 1.77. The van der Waals surface area contributed by atoms with E-state index in [1.165, 1.54) is 0 Å². The van der Waals surface area contributed by atoms with Crippen LogP contribution in [-0.4, -0.2) is 44.4 Å². The molecular formula is C14H21N3O2. The van der Waals surface area contributed by atoms with Gasteiger partial charge in [-0.15, -0.1) is 0 Å². The first-order valence-corrected chi connectivity index (χ1v) is 6.98. The van der Waals surface area contributed by atoms with Gasteiger partial charge in [0.1, 0.15) is 12.4 Å². The van der Waals surface area contributed by atoms with Crippen molar-refractivity contribution in [2.45, 2.75) is 25.4 Å². The van der Waals surface area contributed by atoms with E-state index in [0.29, 0.717) is 12.6 Å². The van der Waals surface area contributed by atoms with Crippen molar-refractivity contribution < 1.29 is 9.47 Å². The molecular weight excluding hydrogens is 242 g/mol. The summed E-state index contributed by atoms with van der Waals surface area (Å²) in [5.41, 5.74) is 1.14. The van der Waals surface area contributed by atoms with Crippen molar-refractivity contribution >= 4 is 5.82 Å². The molecule has 1 N–H and O–H groups in total. The Morgan fingerprint density at radius 2 is 2.11 bits per heavy atom. The number of pyridine rings is 1. The first-order chi connectivity index (χ1) is 9.34. The van der Waals surface area contributed by atoms with Crippen molar-refractivity contribution in [3.63, 3.8) is 0 Å². The van der Waals surface area contributed by atoms with Gasteiger partial charge in [-0.05, 0) is 25.0 Å². The highest BCUT2D eigenvalue weighted by molar-refractivity contribution is 5.44. The lowest BCUT2D eigenvalue weighted by Crippen LogP contribution is -2.37. The molecule has 0 saturated carbocycles. The molecule has 0 bridgehead atoms. The second kappa shape index (κ2) is 5.75. The van der Waals surface area contributed by atoms with Gasteiger partial charge in [0.2, 0.25) is 5.88 Å². The molecule has 0 radical (unpaired) electrons. The molecule has 19 heavy (non-hydrogen) atoms. The molecule has 1 aromatic rings. The van der Waals surface area contributed by atoms with Crippen molar-refractivity contribution in [2.75, 3.05) is 38.3 Å². The Balaban J connectivity index is 1.78. The van der Waals surface area contributed by atoms with Crippen LogP contribution < -0.4 is 15.0 Å². The number of anilines is 1. The molecule has 1 aromatic heterocycles. The summed E-state index contributed by atoms with van der Waals surface area (Å²) in [5, 5.41) is 3.32. The van der Waals surface area contributed by atoms with E-state index in [9.17, 15) is 0 Å². The molecule has 5 nitrogen and oxygen atoms in total. The van der Waals surface area contributed by atoms with E-state index in [-0.39, 0.29) is 0 Å². The minimum atomic E-state index is 0.517. The Bertz CT molecular complexity index is 433. The SMILES string of the molecule is CN(c1ccc2c(n1)OCCNC2)C1CCOCC1. The van der Waals surface area contributed by atoms with E-state index in [1.54, 1.807) is 0 Å². The number of ether oxygens (including phenoxy) is 2. The minimum absolute atomic E-state index is 0.517. The van der Waals surface area contributed by atoms with Gasteiger partial charge in [-0.25, -0.2) is 0 Å². The van der Waals surface area contributed by atoms with Crippen LogP contribution in [0.2, 0.25) is 0 Å². The Hall–Kier alpha value is -1.33. The summed E-state index contributed by atoms with van der Waals surface area (Å²) in [6, 6.07) is 4.72. The highest BCUT2D eigenvalue weighted by atomic mass is 16.5. The van der Waals surface area contributed by atoms with Crippen LogP contribution in [0.3, 0.4) is 0 Å². The Morgan fingerprint density at radius 3 is 2.95 bits per heavy atom. The van der Waals surface area contributed by atoms with Gasteiger partial charge in [-0.3, -0.25) is 0 Å². The van der Waals surface area contributed by atoms with Crippen LogP contribution in [0.5, 0.6) is 5.88 Å². The van der Waals surface area contributed by atoms with Gasteiger partial charge in [0, 0.05) is 45.0 Å². The van der Waals surface area contributed by atoms with Gasteiger partial charge < -0.3 is 19.7 Å². The van der Waals surface area contributed by atoms with Crippen LogP contribution in [0.15, 0.2) is 12.1 Å². The third kappa shape index (κ3) is 2.82. The van der Waals surface area contributed by atoms with Crippen molar-refractivity contribution in [2.24, 2.45) is 0 Å². The molecule has 0 aromatic carbocycles. The predicted octanol–water partition coefficient (Wildman–Crippen LogP) is 1.18. The first-order valence-electron chi connectivity index (χ1n) is 6.98. The van der Waals surface area contributed by atoms with E-state index in [0.717, 1.165) is 56.4 Å². The zero-order valence-electron chi connectivity index (χ0n) is 11.4. The monoisotopic (exact) mass is 263 g/mol. The van der Waals surface area contributed by atoms with Gasteiger partial charge in [0.25, 0.3) is 0 Å². The lowest BCUT2D eigenvalue weighted by molar-refractivity contribution is 0.0853. The molecule has 0 unspecified atom stereocenters. The smallest absolute Gasteiger partial charge is 0.219 e. The van der Waals surface area contributed by atoms with E-state index in [2.05, 4.69) is 34.4 Å². The summed E-state index contributed by atoms with van der Waals surface area (Å²) in [6.07, 6.45) is 2.13. The third-order valence-corrected chi connectivity index (χ3v) is 3.86. The maximum atomic E-state index is 5.70. The average molecular weight is 263 g/mol. The number of hydrogen-bond donors (Lipinski definition) is 1. The predicted molar refractivity (Wildman–Crippen MR) is 73.7 cm³/mol. The summed E-state index contributed by atoms with van der Waals surface area (Å²) in [7, 11) is 2.11. The summed E-state index contributed by atoms with van der Waals surface area (Å²) >= 11 is 0. The largest absolute Gasteiger partial charge is 0.476 e. The molecule has 104 valence electrons. The number of fused-ring (bicyclic) bond motifs is 1. The van der Waals surface area contributed by atoms with Crippen LogP contribution in [0.4, 0.5) is 5.82 Å². The topological polar surface area (TPSA) is 46.6 Å². The van der Waals surface area contributed by atoms with Gasteiger partial charge in [-0.2, -0.15) is 4.98 Å². The van der Waals surface area contributed by atoms with Crippen LogP contribution in [0.25, 0.3) is 0 Å². The standard InChI is InChI=1S/C14H21N3O2/c1-17(12-4-7-18-8-5-12)13-3-2-11-10-15-6-9-19-14(11)16-13/h2-3,12,15H,4-10H2,1H3. The number of aromatic nitrogens is 1. The minimum Gasteiger partial charge on any atom is -0.476 e. The fourth-order valence-corrected chi connectivity index (χ4v) is 2.62. The fourth-order valence-electron chi connectivity index (χ4n) is 2.62. The quantitative estimate of drug-likeness (QED) is 0.868. The number of nitrogens with zero attached hydrogens (tertiary/aromatic N) is 2. The Labute approximate surface area is 113 Å². The highest BCUT2D eigenvalue weighted by Crippen LogP contribution is 2.25. The van der Waals surface area contributed by atoms with E-state index >= 15 is 0 Å². The third-order valence-electron chi connectivity index (χ3n) is 3.86. The summed E-state index contributed by atoms with van der Waals surface area (Å²) < 4.78 is 11.1. The molecule has 1 saturated heterocycles.